The SMILES string of the molecule is Cc1ccc(CN(C)C(=N)N=C(N)N)s1. The van der Waals surface area contributed by atoms with Crippen molar-refractivity contribution in [3.8, 4) is 0 Å². The standard InChI is InChI=1S/C9H15N5S/c1-6-3-4-7(15-6)5-14(2)9(12)13-8(10)11/h3-4H,5H2,1-2H3,(H5,10,11,12,13). The second-order valence-corrected chi connectivity index (χ2v) is 4.60. The fourth-order valence-electron chi connectivity index (χ4n) is 1.09. The lowest BCUT2D eigenvalue weighted by Crippen LogP contribution is -2.30. The molecule has 0 fully saturated rings. The zero-order valence-corrected chi connectivity index (χ0v) is 9.64. The van der Waals surface area contributed by atoms with E-state index in [1.54, 1.807) is 23.3 Å². The Hall–Kier alpha value is -1.56. The third kappa shape index (κ3) is 3.59. The Morgan fingerprint density at radius 2 is 2.20 bits per heavy atom. The summed E-state index contributed by atoms with van der Waals surface area (Å²) in [7, 11) is 1.78. The van der Waals surface area contributed by atoms with Gasteiger partial charge in [0.25, 0.3) is 0 Å². The Balaban J connectivity index is 2.59. The molecule has 1 heterocycles. The Morgan fingerprint density at radius 1 is 1.53 bits per heavy atom. The third-order valence-corrected chi connectivity index (χ3v) is 2.77. The lowest BCUT2D eigenvalue weighted by molar-refractivity contribution is 0.496. The molecule has 0 aliphatic rings. The molecular formula is C9H15N5S. The summed E-state index contributed by atoms with van der Waals surface area (Å²) >= 11 is 1.70. The van der Waals surface area contributed by atoms with Crippen LogP contribution in [0.1, 0.15) is 9.75 Å². The van der Waals surface area contributed by atoms with Gasteiger partial charge in [0.15, 0.2) is 5.96 Å². The van der Waals surface area contributed by atoms with Crippen molar-refractivity contribution in [1.29, 1.82) is 5.41 Å². The lowest BCUT2D eigenvalue weighted by atomic mass is 10.4. The summed E-state index contributed by atoms with van der Waals surface area (Å²) in [6.45, 7) is 2.70. The minimum Gasteiger partial charge on any atom is -0.370 e. The summed E-state index contributed by atoms with van der Waals surface area (Å²) < 4.78 is 0. The first kappa shape index (κ1) is 11.5. The molecule has 0 radical (unpaired) electrons. The molecule has 0 amide bonds. The van der Waals surface area contributed by atoms with Crippen molar-refractivity contribution in [1.82, 2.24) is 4.90 Å². The average Bonchev–Trinajstić information content (AvgIpc) is 2.50. The van der Waals surface area contributed by atoms with Crippen LogP contribution in [0.15, 0.2) is 17.1 Å². The molecule has 6 heteroatoms. The lowest BCUT2D eigenvalue weighted by Gasteiger charge is -2.15. The van der Waals surface area contributed by atoms with Crippen LogP contribution in [0.3, 0.4) is 0 Å². The minimum absolute atomic E-state index is 0.0704. The van der Waals surface area contributed by atoms with E-state index in [4.69, 9.17) is 16.9 Å². The van der Waals surface area contributed by atoms with Crippen molar-refractivity contribution >= 4 is 23.3 Å². The van der Waals surface area contributed by atoms with Crippen LogP contribution in [0.25, 0.3) is 0 Å². The van der Waals surface area contributed by atoms with E-state index in [1.807, 2.05) is 6.07 Å². The third-order valence-electron chi connectivity index (χ3n) is 1.79. The monoisotopic (exact) mass is 225 g/mol. The Bertz CT molecular complexity index is 378. The summed E-state index contributed by atoms with van der Waals surface area (Å²) in [6, 6.07) is 4.09. The van der Waals surface area contributed by atoms with Crippen molar-refractivity contribution in [3.05, 3.63) is 21.9 Å². The molecule has 1 aromatic heterocycles. The molecule has 1 rings (SSSR count). The average molecular weight is 225 g/mol. The van der Waals surface area contributed by atoms with Crippen LogP contribution in [-0.2, 0) is 6.54 Å². The predicted molar refractivity (Wildman–Crippen MR) is 64.1 cm³/mol. The van der Waals surface area contributed by atoms with Crippen molar-refractivity contribution in [2.75, 3.05) is 7.05 Å². The van der Waals surface area contributed by atoms with Gasteiger partial charge < -0.3 is 16.4 Å². The molecule has 0 saturated carbocycles. The smallest absolute Gasteiger partial charge is 0.221 e. The zero-order chi connectivity index (χ0) is 11.4. The van der Waals surface area contributed by atoms with E-state index < -0.39 is 0 Å². The number of nitrogens with one attached hydrogen (secondary N) is 1. The van der Waals surface area contributed by atoms with Crippen LogP contribution in [0.4, 0.5) is 0 Å². The van der Waals surface area contributed by atoms with Crippen LogP contribution < -0.4 is 11.5 Å². The number of hydrogen-bond donors (Lipinski definition) is 3. The number of aryl methyl sites for hydroxylation is 1. The summed E-state index contributed by atoms with van der Waals surface area (Å²) in [4.78, 5) is 7.79. The normalized spacial score (nSPS) is 9.73. The molecule has 0 bridgehead atoms. The van der Waals surface area contributed by atoms with Crippen LogP contribution >= 0.6 is 11.3 Å². The van der Waals surface area contributed by atoms with Gasteiger partial charge in [-0.2, -0.15) is 4.99 Å². The number of nitrogens with zero attached hydrogens (tertiary/aromatic N) is 2. The fourth-order valence-corrected chi connectivity index (χ4v) is 2.03. The van der Waals surface area contributed by atoms with E-state index in [1.165, 1.54) is 9.75 Å². The summed E-state index contributed by atoms with van der Waals surface area (Å²) in [5.74, 6) is -0.0183. The topological polar surface area (TPSA) is 91.5 Å². The predicted octanol–water partition coefficient (Wildman–Crippen LogP) is 0.696. The van der Waals surface area contributed by atoms with Gasteiger partial charge in [0.05, 0.1) is 6.54 Å². The molecule has 0 spiro atoms. The van der Waals surface area contributed by atoms with Gasteiger partial charge in [0.2, 0.25) is 5.96 Å². The molecule has 1 aromatic rings. The van der Waals surface area contributed by atoms with Gasteiger partial charge >= 0.3 is 0 Å². The number of thiophene rings is 1. The molecule has 0 unspecified atom stereocenters. The first-order valence-electron chi connectivity index (χ1n) is 4.43. The summed E-state index contributed by atoms with van der Waals surface area (Å²) in [5.41, 5.74) is 10.4. The Morgan fingerprint density at radius 3 is 2.67 bits per heavy atom. The van der Waals surface area contributed by atoms with Crippen LogP contribution in [0, 0.1) is 12.3 Å². The Labute approximate surface area is 92.9 Å². The van der Waals surface area contributed by atoms with Gasteiger partial charge in [-0.1, -0.05) is 0 Å². The maximum absolute atomic E-state index is 7.56. The van der Waals surface area contributed by atoms with Gasteiger partial charge in [-0.05, 0) is 19.1 Å². The van der Waals surface area contributed by atoms with E-state index in [-0.39, 0.29) is 11.9 Å². The highest BCUT2D eigenvalue weighted by Crippen LogP contribution is 2.16. The quantitative estimate of drug-likeness (QED) is 0.511. The number of rotatable bonds is 2. The first-order chi connectivity index (χ1) is 6.99. The zero-order valence-electron chi connectivity index (χ0n) is 8.82. The molecule has 5 N–H and O–H groups in total. The highest BCUT2D eigenvalue weighted by Gasteiger charge is 2.05. The molecule has 0 aromatic carbocycles. The van der Waals surface area contributed by atoms with E-state index in [0.717, 1.165) is 0 Å². The van der Waals surface area contributed by atoms with Gasteiger partial charge in [-0.15, -0.1) is 11.3 Å². The maximum atomic E-state index is 7.56. The molecule has 15 heavy (non-hydrogen) atoms. The first-order valence-corrected chi connectivity index (χ1v) is 5.25. The number of guanidine groups is 2. The van der Waals surface area contributed by atoms with Crippen molar-refractivity contribution in [2.24, 2.45) is 16.5 Å². The largest absolute Gasteiger partial charge is 0.370 e. The minimum atomic E-state index is -0.0887. The highest BCUT2D eigenvalue weighted by atomic mass is 32.1. The summed E-state index contributed by atoms with van der Waals surface area (Å²) in [5, 5.41) is 7.56. The van der Waals surface area contributed by atoms with Crippen LogP contribution in [0.2, 0.25) is 0 Å². The highest BCUT2D eigenvalue weighted by molar-refractivity contribution is 7.11. The molecule has 0 aliphatic carbocycles. The van der Waals surface area contributed by atoms with Gasteiger partial charge in [-0.3, -0.25) is 5.41 Å². The Kier molecular flexibility index (Phi) is 3.68. The van der Waals surface area contributed by atoms with Gasteiger partial charge in [0.1, 0.15) is 0 Å². The van der Waals surface area contributed by atoms with Gasteiger partial charge in [-0.25, -0.2) is 0 Å². The molecule has 82 valence electrons. The van der Waals surface area contributed by atoms with E-state index in [0.29, 0.717) is 6.54 Å². The molecule has 0 atom stereocenters. The maximum Gasteiger partial charge on any atom is 0.221 e. The van der Waals surface area contributed by atoms with Crippen molar-refractivity contribution < 1.29 is 0 Å². The molecule has 0 saturated heterocycles. The van der Waals surface area contributed by atoms with Crippen molar-refractivity contribution in [3.63, 3.8) is 0 Å². The van der Waals surface area contributed by atoms with E-state index in [2.05, 4.69) is 18.0 Å². The molecular weight excluding hydrogens is 210 g/mol. The van der Waals surface area contributed by atoms with E-state index in [9.17, 15) is 0 Å². The van der Waals surface area contributed by atoms with Crippen molar-refractivity contribution in [2.45, 2.75) is 13.5 Å². The number of aliphatic imine (C=N–C) groups is 1. The second kappa shape index (κ2) is 4.79. The summed E-state index contributed by atoms with van der Waals surface area (Å²) in [6.07, 6.45) is 0. The van der Waals surface area contributed by atoms with Crippen LogP contribution in [0.5, 0.6) is 0 Å². The second-order valence-electron chi connectivity index (χ2n) is 3.23. The number of hydrogen-bond acceptors (Lipinski definition) is 2. The fraction of sp³-hybridized carbons (Fsp3) is 0.333. The number of nitrogens with two attached hydrogens (primary N) is 2. The molecule has 5 nitrogen and oxygen atoms in total. The van der Waals surface area contributed by atoms with Crippen LogP contribution in [-0.4, -0.2) is 23.9 Å². The molecule has 0 aliphatic heterocycles. The van der Waals surface area contributed by atoms with E-state index >= 15 is 0 Å². The van der Waals surface area contributed by atoms with Gasteiger partial charge in [0, 0.05) is 16.8 Å².